The zero-order chi connectivity index (χ0) is 19.9. The maximum absolute atomic E-state index is 13.0. The molecule has 0 fully saturated rings. The lowest BCUT2D eigenvalue weighted by atomic mass is 10.1. The number of nitrogens with zero attached hydrogens (tertiary/aromatic N) is 2. The average Bonchev–Trinajstić information content (AvgIpc) is 3.11. The van der Waals surface area contributed by atoms with Crippen LogP contribution in [0.25, 0.3) is 10.6 Å². The average molecular weight is 424 g/mol. The molecule has 2 aromatic carbocycles. The van der Waals surface area contributed by atoms with Crippen molar-refractivity contribution in [3.8, 4) is 10.6 Å². The van der Waals surface area contributed by atoms with Gasteiger partial charge in [-0.05, 0) is 24.3 Å². The van der Waals surface area contributed by atoms with Gasteiger partial charge in [0.2, 0.25) is 10.0 Å². The molecule has 2 heterocycles. The SMILES string of the molecule is O=S(=O)(c1ccccc1)N1CCc2nc(-c3cccc(C(F)(F)F)c3)sc2C1. The number of hydrogen-bond acceptors (Lipinski definition) is 4. The minimum atomic E-state index is -4.42. The van der Waals surface area contributed by atoms with Gasteiger partial charge in [-0.3, -0.25) is 0 Å². The van der Waals surface area contributed by atoms with Crippen LogP contribution in [0.1, 0.15) is 16.1 Å². The second-order valence-corrected chi connectivity index (χ2v) is 9.39. The number of halogens is 3. The smallest absolute Gasteiger partial charge is 0.241 e. The molecule has 0 N–H and O–H groups in total. The summed E-state index contributed by atoms with van der Waals surface area (Å²) in [5.74, 6) is 0. The predicted octanol–water partition coefficient (Wildman–Crippen LogP) is 4.58. The van der Waals surface area contributed by atoms with Gasteiger partial charge >= 0.3 is 6.18 Å². The largest absolute Gasteiger partial charge is 0.416 e. The molecule has 9 heteroatoms. The molecule has 4 rings (SSSR count). The monoisotopic (exact) mass is 424 g/mol. The Morgan fingerprint density at radius 1 is 1.04 bits per heavy atom. The molecule has 28 heavy (non-hydrogen) atoms. The van der Waals surface area contributed by atoms with E-state index < -0.39 is 21.8 Å². The van der Waals surface area contributed by atoms with Gasteiger partial charge in [-0.2, -0.15) is 17.5 Å². The van der Waals surface area contributed by atoms with Gasteiger partial charge in [0.25, 0.3) is 0 Å². The summed E-state index contributed by atoms with van der Waals surface area (Å²) in [7, 11) is -3.62. The normalized spacial score (nSPS) is 15.4. The number of rotatable bonds is 3. The van der Waals surface area contributed by atoms with Crippen molar-refractivity contribution >= 4 is 21.4 Å². The van der Waals surface area contributed by atoms with Crippen LogP contribution < -0.4 is 0 Å². The topological polar surface area (TPSA) is 50.3 Å². The molecule has 0 spiro atoms. The van der Waals surface area contributed by atoms with Crippen molar-refractivity contribution in [3.05, 3.63) is 70.7 Å². The van der Waals surface area contributed by atoms with E-state index in [1.807, 2.05) is 0 Å². The number of benzene rings is 2. The minimum absolute atomic E-state index is 0.170. The highest BCUT2D eigenvalue weighted by Gasteiger charge is 2.32. The van der Waals surface area contributed by atoms with Gasteiger partial charge in [-0.1, -0.05) is 30.3 Å². The summed E-state index contributed by atoms with van der Waals surface area (Å²) in [5, 5.41) is 0.468. The maximum atomic E-state index is 13.0. The third-order valence-corrected chi connectivity index (χ3v) is 7.50. The fourth-order valence-corrected chi connectivity index (χ4v) is 5.70. The zero-order valence-corrected chi connectivity index (χ0v) is 16.1. The molecule has 1 aromatic heterocycles. The molecular weight excluding hydrogens is 409 g/mol. The molecule has 0 unspecified atom stereocenters. The summed E-state index contributed by atoms with van der Waals surface area (Å²) in [5.41, 5.74) is 0.398. The number of sulfonamides is 1. The number of fused-ring (bicyclic) bond motifs is 1. The van der Waals surface area contributed by atoms with Gasteiger partial charge in [-0.25, -0.2) is 13.4 Å². The lowest BCUT2D eigenvalue weighted by molar-refractivity contribution is -0.137. The van der Waals surface area contributed by atoms with Crippen molar-refractivity contribution in [1.29, 1.82) is 0 Å². The Morgan fingerprint density at radius 2 is 1.79 bits per heavy atom. The van der Waals surface area contributed by atoms with Crippen molar-refractivity contribution in [1.82, 2.24) is 9.29 Å². The fourth-order valence-electron chi connectivity index (χ4n) is 3.07. The highest BCUT2D eigenvalue weighted by molar-refractivity contribution is 7.89. The van der Waals surface area contributed by atoms with Gasteiger partial charge in [0.05, 0.1) is 22.7 Å². The molecule has 0 amide bonds. The summed E-state index contributed by atoms with van der Waals surface area (Å²) in [6.45, 7) is 0.458. The standard InChI is InChI=1S/C19H15F3N2O2S2/c20-19(21,22)14-6-4-5-13(11-14)18-23-16-9-10-24(12-17(16)27-18)28(25,26)15-7-2-1-3-8-15/h1-8,11H,9-10,12H2. The van der Waals surface area contributed by atoms with Crippen LogP contribution in [0, 0.1) is 0 Å². The molecule has 0 aliphatic carbocycles. The molecule has 0 saturated carbocycles. The summed E-state index contributed by atoms with van der Waals surface area (Å²) >= 11 is 1.24. The Kier molecular flexibility index (Phi) is 4.76. The number of alkyl halides is 3. The van der Waals surface area contributed by atoms with E-state index in [4.69, 9.17) is 0 Å². The second kappa shape index (κ2) is 6.98. The van der Waals surface area contributed by atoms with Crippen LogP contribution in [0.2, 0.25) is 0 Å². The first-order valence-electron chi connectivity index (χ1n) is 8.46. The van der Waals surface area contributed by atoms with Gasteiger partial charge in [0.15, 0.2) is 0 Å². The number of thiazole rings is 1. The molecular formula is C19H15F3N2O2S2. The Morgan fingerprint density at radius 3 is 2.50 bits per heavy atom. The third kappa shape index (κ3) is 3.57. The van der Waals surface area contributed by atoms with Crippen molar-refractivity contribution in [2.75, 3.05) is 6.54 Å². The van der Waals surface area contributed by atoms with Crippen LogP contribution in [0.3, 0.4) is 0 Å². The molecule has 0 atom stereocenters. The van der Waals surface area contributed by atoms with Gasteiger partial charge < -0.3 is 0 Å². The van der Waals surface area contributed by atoms with E-state index in [1.54, 1.807) is 36.4 Å². The zero-order valence-electron chi connectivity index (χ0n) is 14.5. The second-order valence-electron chi connectivity index (χ2n) is 6.37. The molecule has 1 aliphatic rings. The van der Waals surface area contributed by atoms with Crippen molar-refractivity contribution in [3.63, 3.8) is 0 Å². The van der Waals surface area contributed by atoms with Gasteiger partial charge in [0, 0.05) is 23.4 Å². The number of hydrogen-bond donors (Lipinski definition) is 0. The number of aromatic nitrogens is 1. The van der Waals surface area contributed by atoms with E-state index in [9.17, 15) is 21.6 Å². The van der Waals surface area contributed by atoms with E-state index >= 15 is 0 Å². The first kappa shape index (κ1) is 19.1. The van der Waals surface area contributed by atoms with E-state index in [1.165, 1.54) is 21.7 Å². The quantitative estimate of drug-likeness (QED) is 0.619. The Bertz CT molecular complexity index is 1110. The summed E-state index contributed by atoms with van der Waals surface area (Å²) in [6.07, 6.45) is -4.00. The maximum Gasteiger partial charge on any atom is 0.416 e. The van der Waals surface area contributed by atoms with E-state index in [0.29, 0.717) is 17.0 Å². The molecule has 0 saturated heterocycles. The van der Waals surface area contributed by atoms with Crippen LogP contribution in [-0.4, -0.2) is 24.3 Å². The minimum Gasteiger partial charge on any atom is -0.241 e. The molecule has 0 bridgehead atoms. The Balaban J connectivity index is 1.63. The lowest BCUT2D eigenvalue weighted by Crippen LogP contribution is -2.35. The van der Waals surface area contributed by atoms with Crippen LogP contribution in [0.15, 0.2) is 59.5 Å². The van der Waals surface area contributed by atoms with E-state index in [0.717, 1.165) is 22.7 Å². The molecule has 0 radical (unpaired) electrons. The van der Waals surface area contributed by atoms with Crippen molar-refractivity contribution in [2.45, 2.75) is 24.0 Å². The highest BCUT2D eigenvalue weighted by atomic mass is 32.2. The van der Waals surface area contributed by atoms with Crippen LogP contribution in [0.4, 0.5) is 13.2 Å². The first-order valence-corrected chi connectivity index (χ1v) is 10.7. The molecule has 3 aromatic rings. The van der Waals surface area contributed by atoms with Crippen LogP contribution in [0.5, 0.6) is 0 Å². The summed E-state index contributed by atoms with van der Waals surface area (Å²) in [4.78, 5) is 5.45. The highest BCUT2D eigenvalue weighted by Crippen LogP contribution is 2.36. The molecule has 146 valence electrons. The van der Waals surface area contributed by atoms with Crippen LogP contribution >= 0.6 is 11.3 Å². The fraction of sp³-hybridized carbons (Fsp3) is 0.211. The molecule has 1 aliphatic heterocycles. The van der Waals surface area contributed by atoms with E-state index in [2.05, 4.69) is 4.98 Å². The van der Waals surface area contributed by atoms with Crippen molar-refractivity contribution < 1.29 is 21.6 Å². The predicted molar refractivity (Wildman–Crippen MR) is 100 cm³/mol. The third-order valence-electron chi connectivity index (χ3n) is 4.51. The summed E-state index contributed by atoms with van der Waals surface area (Å²) in [6, 6.07) is 13.2. The van der Waals surface area contributed by atoms with Gasteiger partial charge in [0.1, 0.15) is 5.01 Å². The summed E-state index contributed by atoms with van der Waals surface area (Å²) < 4.78 is 65.9. The van der Waals surface area contributed by atoms with Crippen LogP contribution in [-0.2, 0) is 29.2 Å². The van der Waals surface area contributed by atoms with Crippen molar-refractivity contribution in [2.24, 2.45) is 0 Å². The first-order chi connectivity index (χ1) is 13.2. The molecule has 4 nitrogen and oxygen atoms in total. The Labute approximate surface area is 164 Å². The Hall–Kier alpha value is -2.23. The lowest BCUT2D eigenvalue weighted by Gasteiger charge is -2.25. The van der Waals surface area contributed by atoms with E-state index in [-0.39, 0.29) is 18.0 Å². The van der Waals surface area contributed by atoms with Gasteiger partial charge in [-0.15, -0.1) is 11.3 Å².